The molecule has 0 aliphatic heterocycles. The molecule has 110 valence electrons. The first-order chi connectivity index (χ1) is 10.6. The van der Waals surface area contributed by atoms with E-state index in [2.05, 4.69) is 9.97 Å². The van der Waals surface area contributed by atoms with Crippen LogP contribution < -0.4 is 11.3 Å². The summed E-state index contributed by atoms with van der Waals surface area (Å²) in [7, 11) is 0. The number of fused-ring (bicyclic) bond motifs is 1. The van der Waals surface area contributed by atoms with Crippen molar-refractivity contribution >= 4 is 34.1 Å². The number of aromatic nitrogens is 2. The average Bonchev–Trinajstić information content (AvgIpc) is 2.51. The predicted octanol–water partition coefficient (Wildman–Crippen LogP) is 2.48. The number of nitrogens with zero attached hydrogens (tertiary/aromatic N) is 1. The van der Waals surface area contributed by atoms with Gasteiger partial charge in [0.1, 0.15) is 5.82 Å². The molecular weight excluding hydrogens is 298 g/mol. The van der Waals surface area contributed by atoms with Crippen molar-refractivity contribution < 1.29 is 4.79 Å². The van der Waals surface area contributed by atoms with E-state index >= 15 is 0 Å². The van der Waals surface area contributed by atoms with E-state index in [0.29, 0.717) is 10.7 Å². The van der Waals surface area contributed by atoms with Crippen LogP contribution in [0.4, 0.5) is 5.82 Å². The number of anilines is 1. The number of hydrogen-bond donors (Lipinski definition) is 2. The molecular formula is C16H13N3O2S. The Morgan fingerprint density at radius 3 is 2.68 bits per heavy atom. The van der Waals surface area contributed by atoms with Gasteiger partial charge in [-0.25, -0.2) is 4.98 Å². The normalized spacial score (nSPS) is 10.7. The van der Waals surface area contributed by atoms with Crippen LogP contribution in [0.2, 0.25) is 0 Å². The Balaban J connectivity index is 1.76. The van der Waals surface area contributed by atoms with E-state index in [9.17, 15) is 9.59 Å². The zero-order valence-corrected chi connectivity index (χ0v) is 12.4. The highest BCUT2D eigenvalue weighted by atomic mass is 32.2. The number of aromatic amines is 1. The van der Waals surface area contributed by atoms with Crippen molar-refractivity contribution in [1.29, 1.82) is 0 Å². The molecule has 22 heavy (non-hydrogen) atoms. The summed E-state index contributed by atoms with van der Waals surface area (Å²) in [5.41, 5.74) is 5.82. The number of hydrogen-bond acceptors (Lipinski definition) is 5. The van der Waals surface area contributed by atoms with Gasteiger partial charge in [0.05, 0.1) is 5.75 Å². The number of nitrogens with one attached hydrogen (secondary N) is 1. The van der Waals surface area contributed by atoms with E-state index < -0.39 is 0 Å². The molecule has 0 radical (unpaired) electrons. The van der Waals surface area contributed by atoms with Crippen LogP contribution in [0.5, 0.6) is 0 Å². The van der Waals surface area contributed by atoms with Crippen LogP contribution in [0.25, 0.3) is 10.8 Å². The summed E-state index contributed by atoms with van der Waals surface area (Å²) >= 11 is 1.16. The highest BCUT2D eigenvalue weighted by Gasteiger charge is 2.09. The Labute approximate surface area is 130 Å². The Hall–Kier alpha value is -2.60. The van der Waals surface area contributed by atoms with Crippen LogP contribution in [0.15, 0.2) is 58.5 Å². The van der Waals surface area contributed by atoms with Crippen molar-refractivity contribution in [2.75, 3.05) is 11.5 Å². The largest absolute Gasteiger partial charge is 0.383 e. The number of carbonyl (C=O) groups excluding carboxylic acids is 1. The second kappa shape index (κ2) is 6.03. The second-order valence-corrected chi connectivity index (χ2v) is 5.71. The minimum atomic E-state index is -0.326. The van der Waals surface area contributed by atoms with Gasteiger partial charge in [0.15, 0.2) is 10.9 Å². The third-order valence-corrected chi connectivity index (χ3v) is 4.02. The van der Waals surface area contributed by atoms with Crippen LogP contribution in [-0.2, 0) is 0 Å². The predicted molar refractivity (Wildman–Crippen MR) is 88.3 cm³/mol. The van der Waals surface area contributed by atoms with Crippen molar-refractivity contribution in [1.82, 2.24) is 9.97 Å². The maximum atomic E-state index is 12.3. The molecule has 0 amide bonds. The minimum Gasteiger partial charge on any atom is -0.383 e. The number of ketones is 1. The van der Waals surface area contributed by atoms with Gasteiger partial charge in [0, 0.05) is 11.6 Å². The van der Waals surface area contributed by atoms with Gasteiger partial charge in [0.2, 0.25) is 0 Å². The van der Waals surface area contributed by atoms with Gasteiger partial charge in [-0.2, -0.15) is 0 Å². The average molecular weight is 311 g/mol. The number of benzene rings is 2. The molecule has 5 nitrogen and oxygen atoms in total. The Bertz CT molecular complexity index is 905. The van der Waals surface area contributed by atoms with Crippen molar-refractivity contribution in [3.8, 4) is 0 Å². The summed E-state index contributed by atoms with van der Waals surface area (Å²) in [4.78, 5) is 30.1. The first-order valence-electron chi connectivity index (χ1n) is 6.63. The molecule has 0 aliphatic carbocycles. The molecule has 1 heterocycles. The number of H-pyrrole nitrogens is 1. The van der Waals surface area contributed by atoms with Crippen LogP contribution in [0, 0.1) is 0 Å². The molecule has 0 unspecified atom stereocenters. The van der Waals surface area contributed by atoms with Crippen LogP contribution in [0.1, 0.15) is 10.4 Å². The molecule has 0 atom stereocenters. The molecule has 0 spiro atoms. The molecule has 6 heteroatoms. The number of nitrogen functional groups attached to an aromatic ring is 1. The van der Waals surface area contributed by atoms with Crippen LogP contribution in [-0.4, -0.2) is 21.5 Å². The van der Waals surface area contributed by atoms with Gasteiger partial charge in [-0.15, -0.1) is 0 Å². The SMILES string of the molecule is Nc1cc(=O)[nH]c(SCC(=O)c2ccc3ccccc3c2)n1. The summed E-state index contributed by atoms with van der Waals surface area (Å²) in [5.74, 6) is 0.301. The van der Waals surface area contributed by atoms with E-state index in [1.165, 1.54) is 6.07 Å². The Morgan fingerprint density at radius 2 is 1.91 bits per heavy atom. The molecule has 0 saturated heterocycles. The standard InChI is InChI=1S/C16H13N3O2S/c17-14-8-15(21)19-16(18-14)22-9-13(20)12-6-5-10-3-1-2-4-11(10)7-12/h1-8H,9H2,(H3,17,18,19,21). The molecule has 0 bridgehead atoms. The van der Waals surface area contributed by atoms with Gasteiger partial charge in [-0.1, -0.05) is 48.2 Å². The second-order valence-electron chi connectivity index (χ2n) is 4.75. The van der Waals surface area contributed by atoms with E-state index in [0.717, 1.165) is 22.5 Å². The molecule has 2 aromatic carbocycles. The first kappa shape index (κ1) is 14.3. The molecule has 0 saturated carbocycles. The number of rotatable bonds is 4. The zero-order chi connectivity index (χ0) is 15.5. The Kier molecular flexibility index (Phi) is 3.93. The zero-order valence-electron chi connectivity index (χ0n) is 11.6. The molecule has 3 rings (SSSR count). The minimum absolute atomic E-state index is 0.0270. The third-order valence-electron chi connectivity index (χ3n) is 3.15. The van der Waals surface area contributed by atoms with Crippen molar-refractivity contribution in [2.24, 2.45) is 0 Å². The fraction of sp³-hybridized carbons (Fsp3) is 0.0625. The maximum absolute atomic E-state index is 12.3. The van der Waals surface area contributed by atoms with E-state index in [-0.39, 0.29) is 22.9 Å². The smallest absolute Gasteiger partial charge is 0.253 e. The number of Topliss-reactive ketones (excluding diaryl/α,β-unsaturated/α-hetero) is 1. The summed E-state index contributed by atoms with van der Waals surface area (Å²) < 4.78 is 0. The lowest BCUT2D eigenvalue weighted by Gasteiger charge is -2.04. The topological polar surface area (TPSA) is 88.8 Å². The monoisotopic (exact) mass is 311 g/mol. The molecule has 1 aromatic heterocycles. The molecule has 3 N–H and O–H groups in total. The van der Waals surface area contributed by atoms with E-state index in [1.807, 2.05) is 36.4 Å². The van der Waals surface area contributed by atoms with Crippen molar-refractivity contribution in [2.45, 2.75) is 5.16 Å². The van der Waals surface area contributed by atoms with Crippen molar-refractivity contribution in [3.63, 3.8) is 0 Å². The lowest BCUT2D eigenvalue weighted by Crippen LogP contribution is -2.10. The van der Waals surface area contributed by atoms with Gasteiger partial charge in [-0.3, -0.25) is 9.59 Å². The van der Waals surface area contributed by atoms with Gasteiger partial charge in [-0.05, 0) is 16.8 Å². The first-order valence-corrected chi connectivity index (χ1v) is 7.62. The summed E-state index contributed by atoms with van der Waals surface area (Å²) in [6.07, 6.45) is 0. The van der Waals surface area contributed by atoms with Crippen LogP contribution >= 0.6 is 11.8 Å². The number of nitrogens with two attached hydrogens (primary N) is 1. The lowest BCUT2D eigenvalue weighted by molar-refractivity contribution is 0.102. The fourth-order valence-corrected chi connectivity index (χ4v) is 2.88. The molecule has 3 aromatic rings. The summed E-state index contributed by atoms with van der Waals surface area (Å²) in [6, 6.07) is 14.7. The molecule has 0 fully saturated rings. The van der Waals surface area contributed by atoms with Gasteiger partial charge < -0.3 is 10.7 Å². The number of carbonyl (C=O) groups is 1. The third kappa shape index (κ3) is 3.17. The highest BCUT2D eigenvalue weighted by Crippen LogP contribution is 2.19. The lowest BCUT2D eigenvalue weighted by atomic mass is 10.1. The summed E-state index contributed by atoms with van der Waals surface area (Å²) in [5, 5.41) is 2.46. The molecule has 0 aliphatic rings. The van der Waals surface area contributed by atoms with Gasteiger partial charge >= 0.3 is 0 Å². The Morgan fingerprint density at radius 1 is 1.14 bits per heavy atom. The van der Waals surface area contributed by atoms with Gasteiger partial charge in [0.25, 0.3) is 5.56 Å². The quantitative estimate of drug-likeness (QED) is 0.439. The number of thioether (sulfide) groups is 1. The van der Waals surface area contributed by atoms with E-state index in [4.69, 9.17) is 5.73 Å². The highest BCUT2D eigenvalue weighted by molar-refractivity contribution is 7.99. The van der Waals surface area contributed by atoms with E-state index in [1.54, 1.807) is 6.07 Å². The maximum Gasteiger partial charge on any atom is 0.253 e. The summed E-state index contributed by atoms with van der Waals surface area (Å²) in [6.45, 7) is 0. The van der Waals surface area contributed by atoms with Crippen LogP contribution in [0.3, 0.4) is 0 Å². The van der Waals surface area contributed by atoms with Crippen molar-refractivity contribution in [3.05, 3.63) is 64.4 Å². The fourth-order valence-electron chi connectivity index (χ4n) is 2.10.